The molecule has 0 aromatic rings. The predicted octanol–water partition coefficient (Wildman–Crippen LogP) is 1.14. The van der Waals surface area contributed by atoms with Crippen LogP contribution in [0.2, 0.25) is 0 Å². The van der Waals surface area contributed by atoms with Crippen LogP contribution >= 0.6 is 0 Å². The van der Waals surface area contributed by atoms with Crippen LogP contribution in [0.15, 0.2) is 0 Å². The molecule has 0 saturated carbocycles. The second kappa shape index (κ2) is 6.23. The third kappa shape index (κ3) is 4.70. The van der Waals surface area contributed by atoms with Gasteiger partial charge in [-0.05, 0) is 33.6 Å². The van der Waals surface area contributed by atoms with Gasteiger partial charge in [-0.1, -0.05) is 0 Å². The molecule has 19 heavy (non-hydrogen) atoms. The summed E-state index contributed by atoms with van der Waals surface area (Å²) in [6.45, 7) is 6.87. The standard InChI is InChI=1S/C13H24N2O4/c1-10(2)15(7-4-5-11(16)17)12(18)14-8-6-13(3,19)9-14/h10,19H,4-9H2,1-3H3,(H,16,17). The zero-order chi connectivity index (χ0) is 14.6. The second-order valence-corrected chi connectivity index (χ2v) is 5.74. The highest BCUT2D eigenvalue weighted by Crippen LogP contribution is 2.22. The van der Waals surface area contributed by atoms with Gasteiger partial charge in [0.25, 0.3) is 0 Å². The molecule has 0 radical (unpaired) electrons. The van der Waals surface area contributed by atoms with Gasteiger partial charge in [0, 0.05) is 25.6 Å². The van der Waals surface area contributed by atoms with E-state index in [9.17, 15) is 14.7 Å². The smallest absolute Gasteiger partial charge is 0.320 e. The van der Waals surface area contributed by atoms with Gasteiger partial charge in [-0.2, -0.15) is 0 Å². The van der Waals surface area contributed by atoms with Crippen molar-refractivity contribution < 1.29 is 19.8 Å². The molecular formula is C13H24N2O4. The first-order valence-corrected chi connectivity index (χ1v) is 6.72. The normalized spacial score (nSPS) is 22.9. The first-order valence-electron chi connectivity index (χ1n) is 6.72. The number of hydrogen-bond donors (Lipinski definition) is 2. The molecule has 0 bridgehead atoms. The number of likely N-dealkylation sites (tertiary alicyclic amines) is 1. The van der Waals surface area contributed by atoms with Crippen molar-refractivity contribution in [3.63, 3.8) is 0 Å². The van der Waals surface area contributed by atoms with E-state index < -0.39 is 11.6 Å². The van der Waals surface area contributed by atoms with E-state index >= 15 is 0 Å². The molecule has 110 valence electrons. The first kappa shape index (κ1) is 15.8. The highest BCUT2D eigenvalue weighted by atomic mass is 16.4. The SMILES string of the molecule is CC(C)N(CCCC(=O)O)C(=O)N1CCC(C)(O)C1. The van der Waals surface area contributed by atoms with E-state index in [0.717, 1.165) is 0 Å². The molecule has 0 spiro atoms. The minimum Gasteiger partial charge on any atom is -0.481 e. The van der Waals surface area contributed by atoms with E-state index in [2.05, 4.69) is 0 Å². The highest BCUT2D eigenvalue weighted by Gasteiger charge is 2.36. The number of aliphatic hydroxyl groups is 1. The lowest BCUT2D eigenvalue weighted by Gasteiger charge is -2.31. The molecule has 0 aliphatic carbocycles. The van der Waals surface area contributed by atoms with Crippen LogP contribution in [0.1, 0.15) is 40.0 Å². The summed E-state index contributed by atoms with van der Waals surface area (Å²) in [7, 11) is 0. The Balaban J connectivity index is 2.56. The predicted molar refractivity (Wildman–Crippen MR) is 70.9 cm³/mol. The van der Waals surface area contributed by atoms with E-state index in [0.29, 0.717) is 32.5 Å². The fourth-order valence-corrected chi connectivity index (χ4v) is 2.27. The molecule has 1 aliphatic rings. The van der Waals surface area contributed by atoms with E-state index in [-0.39, 0.29) is 18.5 Å². The molecule has 6 heteroatoms. The summed E-state index contributed by atoms with van der Waals surface area (Å²) in [6.07, 6.45) is 1.09. The zero-order valence-electron chi connectivity index (χ0n) is 11.9. The van der Waals surface area contributed by atoms with Crippen LogP contribution in [0.5, 0.6) is 0 Å². The number of aliphatic carboxylic acids is 1. The third-order valence-corrected chi connectivity index (χ3v) is 3.38. The van der Waals surface area contributed by atoms with Crippen molar-refractivity contribution in [1.82, 2.24) is 9.80 Å². The van der Waals surface area contributed by atoms with Crippen LogP contribution in [0.4, 0.5) is 4.79 Å². The molecule has 1 rings (SSSR count). The number of β-amino-alcohol motifs (C(OH)–C–C–N with tert-alkyl or cyclic N) is 1. The molecule has 0 aromatic heterocycles. The first-order chi connectivity index (χ1) is 8.73. The fraction of sp³-hybridized carbons (Fsp3) is 0.846. The van der Waals surface area contributed by atoms with Crippen molar-refractivity contribution in [3.05, 3.63) is 0 Å². The number of hydrogen-bond acceptors (Lipinski definition) is 3. The molecule has 1 atom stereocenters. The Morgan fingerprint density at radius 3 is 2.47 bits per heavy atom. The summed E-state index contributed by atoms with van der Waals surface area (Å²) in [5.41, 5.74) is -0.806. The van der Waals surface area contributed by atoms with Gasteiger partial charge in [0.2, 0.25) is 0 Å². The minimum absolute atomic E-state index is 0.0202. The quantitative estimate of drug-likeness (QED) is 0.786. The Morgan fingerprint density at radius 1 is 1.42 bits per heavy atom. The Hall–Kier alpha value is -1.30. The molecule has 1 saturated heterocycles. The topological polar surface area (TPSA) is 81.1 Å². The van der Waals surface area contributed by atoms with Gasteiger partial charge in [0.1, 0.15) is 0 Å². The fourth-order valence-electron chi connectivity index (χ4n) is 2.27. The minimum atomic E-state index is -0.847. The Labute approximate surface area is 114 Å². The molecule has 2 N–H and O–H groups in total. The van der Waals surface area contributed by atoms with E-state index in [4.69, 9.17) is 5.11 Å². The number of urea groups is 1. The maximum absolute atomic E-state index is 12.3. The Bertz CT molecular complexity index is 342. The molecule has 1 fully saturated rings. The van der Waals surface area contributed by atoms with Crippen LogP contribution in [-0.4, -0.2) is 63.3 Å². The number of nitrogens with zero attached hydrogens (tertiary/aromatic N) is 2. The van der Waals surface area contributed by atoms with Crippen LogP contribution in [0.25, 0.3) is 0 Å². The molecular weight excluding hydrogens is 248 g/mol. The van der Waals surface area contributed by atoms with Crippen LogP contribution in [0, 0.1) is 0 Å². The van der Waals surface area contributed by atoms with E-state index in [1.807, 2.05) is 13.8 Å². The Kier molecular flexibility index (Phi) is 5.17. The maximum atomic E-state index is 12.3. The van der Waals surface area contributed by atoms with Gasteiger partial charge in [-0.3, -0.25) is 4.79 Å². The number of carbonyl (C=O) groups excluding carboxylic acids is 1. The molecule has 1 aliphatic heterocycles. The van der Waals surface area contributed by atoms with Crippen molar-refractivity contribution in [1.29, 1.82) is 0 Å². The largest absolute Gasteiger partial charge is 0.481 e. The summed E-state index contributed by atoms with van der Waals surface area (Å²) in [6, 6.07) is -0.0926. The average Bonchev–Trinajstić information content (AvgIpc) is 2.63. The summed E-state index contributed by atoms with van der Waals surface area (Å²) < 4.78 is 0. The lowest BCUT2D eigenvalue weighted by atomic mass is 10.1. The number of carboxylic acids is 1. The highest BCUT2D eigenvalue weighted by molar-refractivity contribution is 5.75. The molecule has 1 heterocycles. The third-order valence-electron chi connectivity index (χ3n) is 3.38. The number of carbonyl (C=O) groups is 2. The number of carboxylic acid groups (broad SMARTS) is 1. The van der Waals surface area contributed by atoms with Crippen LogP contribution in [0.3, 0.4) is 0 Å². The monoisotopic (exact) mass is 272 g/mol. The Morgan fingerprint density at radius 2 is 2.05 bits per heavy atom. The lowest BCUT2D eigenvalue weighted by Crippen LogP contribution is -2.47. The summed E-state index contributed by atoms with van der Waals surface area (Å²) in [4.78, 5) is 26.2. The van der Waals surface area contributed by atoms with E-state index in [1.165, 1.54) is 0 Å². The van der Waals surface area contributed by atoms with Gasteiger partial charge in [0.15, 0.2) is 0 Å². The summed E-state index contributed by atoms with van der Waals surface area (Å²) >= 11 is 0. The van der Waals surface area contributed by atoms with Gasteiger partial charge in [0.05, 0.1) is 12.1 Å². The summed E-state index contributed by atoms with van der Waals surface area (Å²) in [5, 5.41) is 18.5. The number of rotatable bonds is 5. The molecule has 2 amide bonds. The van der Waals surface area contributed by atoms with Crippen molar-refractivity contribution in [2.24, 2.45) is 0 Å². The van der Waals surface area contributed by atoms with Crippen LogP contribution in [-0.2, 0) is 4.79 Å². The molecule has 0 aromatic carbocycles. The van der Waals surface area contributed by atoms with Gasteiger partial charge < -0.3 is 20.0 Å². The average molecular weight is 272 g/mol. The molecule has 6 nitrogen and oxygen atoms in total. The van der Waals surface area contributed by atoms with Crippen molar-refractivity contribution in [2.45, 2.75) is 51.7 Å². The second-order valence-electron chi connectivity index (χ2n) is 5.74. The van der Waals surface area contributed by atoms with E-state index in [1.54, 1.807) is 16.7 Å². The van der Waals surface area contributed by atoms with Gasteiger partial charge in [-0.15, -0.1) is 0 Å². The van der Waals surface area contributed by atoms with Crippen molar-refractivity contribution in [2.75, 3.05) is 19.6 Å². The zero-order valence-corrected chi connectivity index (χ0v) is 11.9. The summed E-state index contributed by atoms with van der Waals surface area (Å²) in [5.74, 6) is -0.847. The van der Waals surface area contributed by atoms with Gasteiger partial charge in [-0.25, -0.2) is 4.79 Å². The van der Waals surface area contributed by atoms with Gasteiger partial charge >= 0.3 is 12.0 Å². The molecule has 1 unspecified atom stereocenters. The van der Waals surface area contributed by atoms with Crippen molar-refractivity contribution >= 4 is 12.0 Å². The number of amides is 2. The maximum Gasteiger partial charge on any atom is 0.320 e. The van der Waals surface area contributed by atoms with Crippen LogP contribution < -0.4 is 0 Å². The lowest BCUT2D eigenvalue weighted by molar-refractivity contribution is -0.137. The van der Waals surface area contributed by atoms with Crippen molar-refractivity contribution in [3.8, 4) is 0 Å².